The summed E-state index contributed by atoms with van der Waals surface area (Å²) in [7, 11) is 4.47. The van der Waals surface area contributed by atoms with E-state index in [0.717, 1.165) is 0 Å². The van der Waals surface area contributed by atoms with Crippen LogP contribution in [0.15, 0.2) is 79.5 Å². The highest BCUT2D eigenvalue weighted by atomic mass is 16.5. The fourth-order valence-corrected chi connectivity index (χ4v) is 5.01. The molecule has 0 aliphatic carbocycles. The van der Waals surface area contributed by atoms with Crippen molar-refractivity contribution in [1.82, 2.24) is 0 Å². The van der Waals surface area contributed by atoms with Gasteiger partial charge in [0, 0.05) is 23.1 Å². The summed E-state index contributed by atoms with van der Waals surface area (Å²) in [6, 6.07) is 13.4. The van der Waals surface area contributed by atoms with E-state index in [4.69, 9.17) is 27.8 Å². The first kappa shape index (κ1) is 24.3. The van der Waals surface area contributed by atoms with Crippen molar-refractivity contribution in [3.8, 4) is 34.1 Å². The third-order valence-electron chi connectivity index (χ3n) is 6.96. The number of methoxy groups -OCH3 is 3. The van der Waals surface area contributed by atoms with E-state index in [1.807, 2.05) is 0 Å². The molecule has 0 spiro atoms. The van der Waals surface area contributed by atoms with Crippen LogP contribution in [0.3, 0.4) is 0 Å². The van der Waals surface area contributed by atoms with Crippen LogP contribution in [0.1, 0.15) is 23.5 Å². The number of esters is 1. The molecule has 0 radical (unpaired) electrons. The van der Waals surface area contributed by atoms with Gasteiger partial charge in [0.15, 0.2) is 5.43 Å². The summed E-state index contributed by atoms with van der Waals surface area (Å²) in [6.07, 6.45) is 2.54. The number of hydrogen-bond donors (Lipinski definition) is 0. The average molecular weight is 526 g/mol. The maximum Gasteiger partial charge on any atom is 0.312 e. The summed E-state index contributed by atoms with van der Waals surface area (Å²) in [4.78, 5) is 40.1. The minimum absolute atomic E-state index is 0.145. The van der Waals surface area contributed by atoms with E-state index in [2.05, 4.69) is 0 Å². The number of carbonyl (C=O) groups is 1. The second-order valence-corrected chi connectivity index (χ2v) is 9.01. The predicted octanol–water partition coefficient (Wildman–Crippen LogP) is 5.03. The Morgan fingerprint density at radius 1 is 0.795 bits per heavy atom. The minimum Gasteiger partial charge on any atom is -0.497 e. The molecule has 2 aromatic heterocycles. The van der Waals surface area contributed by atoms with Crippen LogP contribution in [0.4, 0.5) is 0 Å². The number of fused-ring (bicyclic) bond motifs is 4. The van der Waals surface area contributed by atoms with Crippen molar-refractivity contribution in [1.29, 1.82) is 0 Å². The van der Waals surface area contributed by atoms with Crippen LogP contribution in [-0.4, -0.2) is 27.3 Å². The molecular weight excluding hydrogens is 504 g/mol. The Hall–Kier alpha value is -5.05. The predicted molar refractivity (Wildman–Crippen MR) is 142 cm³/mol. The van der Waals surface area contributed by atoms with E-state index in [0.29, 0.717) is 39.2 Å². The molecule has 0 saturated heterocycles. The third-order valence-corrected chi connectivity index (χ3v) is 6.96. The van der Waals surface area contributed by atoms with Crippen molar-refractivity contribution in [3.05, 3.63) is 92.6 Å². The first-order valence-electron chi connectivity index (χ1n) is 12.0. The Bertz CT molecular complexity index is 1880. The van der Waals surface area contributed by atoms with Crippen molar-refractivity contribution in [2.75, 3.05) is 21.3 Å². The Balaban J connectivity index is 1.61. The van der Waals surface area contributed by atoms with Crippen LogP contribution < -0.4 is 29.8 Å². The van der Waals surface area contributed by atoms with Gasteiger partial charge in [-0.3, -0.25) is 14.4 Å². The average Bonchev–Trinajstić information content (AvgIpc) is 2.96. The molecule has 0 amide bonds. The highest BCUT2D eigenvalue weighted by Crippen LogP contribution is 2.45. The summed E-state index contributed by atoms with van der Waals surface area (Å²) >= 11 is 0. The maximum absolute atomic E-state index is 13.8. The van der Waals surface area contributed by atoms with Gasteiger partial charge in [-0.05, 0) is 35.9 Å². The van der Waals surface area contributed by atoms with E-state index < -0.39 is 11.9 Å². The maximum atomic E-state index is 13.8. The van der Waals surface area contributed by atoms with Crippen LogP contribution >= 0.6 is 0 Å². The fourth-order valence-electron chi connectivity index (χ4n) is 5.01. The molecule has 1 aliphatic heterocycles. The van der Waals surface area contributed by atoms with Crippen molar-refractivity contribution >= 4 is 27.9 Å². The summed E-state index contributed by atoms with van der Waals surface area (Å²) in [5, 5.41) is 0.466. The molecule has 9 nitrogen and oxygen atoms in total. The van der Waals surface area contributed by atoms with Crippen LogP contribution in [0.2, 0.25) is 0 Å². The molecule has 196 valence electrons. The molecule has 0 saturated carbocycles. The molecule has 1 aliphatic rings. The summed E-state index contributed by atoms with van der Waals surface area (Å²) in [5.74, 6) is 0.116. The van der Waals surface area contributed by atoms with Gasteiger partial charge < -0.3 is 27.8 Å². The SMILES string of the molecule is COc1ccc(-c2coc3c4c(cc(OC)c3c2=O)OC(=O)C[C@H]4c2coc3ccc(OC)cc3c2=O)cc1. The van der Waals surface area contributed by atoms with E-state index >= 15 is 0 Å². The normalized spacial score (nSPS) is 14.6. The van der Waals surface area contributed by atoms with Crippen LogP contribution in [0, 0.1) is 0 Å². The van der Waals surface area contributed by atoms with Gasteiger partial charge in [0.05, 0.1) is 45.0 Å². The first-order valence-corrected chi connectivity index (χ1v) is 12.0. The highest BCUT2D eigenvalue weighted by Gasteiger charge is 2.35. The molecule has 39 heavy (non-hydrogen) atoms. The minimum atomic E-state index is -0.795. The van der Waals surface area contributed by atoms with Gasteiger partial charge in [-0.15, -0.1) is 0 Å². The topological polar surface area (TPSA) is 114 Å². The lowest BCUT2D eigenvalue weighted by Crippen LogP contribution is -2.25. The van der Waals surface area contributed by atoms with E-state index in [1.54, 1.807) is 49.6 Å². The van der Waals surface area contributed by atoms with Gasteiger partial charge in [-0.2, -0.15) is 0 Å². The standard InChI is InChI=1S/C30H22O9/c1-34-16-6-4-15(5-7-16)20-13-38-30-26-18(11-25(31)39-24(26)12-23(36-3)27(30)29(20)33)21-14-37-22-9-8-17(35-2)10-19(22)28(21)32/h4-10,12-14,18H,11H2,1-3H3/t18-/m0/s1. The number of rotatable bonds is 5. The van der Waals surface area contributed by atoms with Crippen LogP contribution in [0.25, 0.3) is 33.1 Å². The van der Waals surface area contributed by atoms with Crippen molar-refractivity contribution in [3.63, 3.8) is 0 Å². The Kier molecular flexibility index (Phi) is 5.83. The summed E-state index contributed by atoms with van der Waals surface area (Å²) in [5.41, 5.74) is 1.41. The molecular formula is C30H22O9. The number of benzene rings is 3. The zero-order valence-corrected chi connectivity index (χ0v) is 21.2. The fraction of sp³-hybridized carbons (Fsp3) is 0.167. The molecule has 3 heterocycles. The Labute approximate surface area is 221 Å². The largest absolute Gasteiger partial charge is 0.497 e. The van der Waals surface area contributed by atoms with E-state index in [-0.39, 0.29) is 45.3 Å². The molecule has 5 aromatic rings. The van der Waals surface area contributed by atoms with E-state index in [9.17, 15) is 14.4 Å². The molecule has 0 unspecified atom stereocenters. The van der Waals surface area contributed by atoms with Crippen molar-refractivity contribution in [2.45, 2.75) is 12.3 Å². The second kappa shape index (κ2) is 9.36. The summed E-state index contributed by atoms with van der Waals surface area (Å²) in [6.45, 7) is 0. The number of ether oxygens (including phenoxy) is 4. The van der Waals surface area contributed by atoms with Gasteiger partial charge in [0.1, 0.15) is 45.8 Å². The van der Waals surface area contributed by atoms with Gasteiger partial charge in [0.2, 0.25) is 5.43 Å². The highest BCUT2D eigenvalue weighted by molar-refractivity contribution is 5.94. The molecule has 1 atom stereocenters. The molecule has 9 heteroatoms. The summed E-state index contributed by atoms with van der Waals surface area (Å²) < 4.78 is 33.4. The third kappa shape index (κ3) is 3.90. The van der Waals surface area contributed by atoms with Gasteiger partial charge in [0.25, 0.3) is 0 Å². The van der Waals surface area contributed by atoms with Crippen LogP contribution in [-0.2, 0) is 4.79 Å². The second-order valence-electron chi connectivity index (χ2n) is 9.01. The Morgan fingerprint density at radius 2 is 1.54 bits per heavy atom. The smallest absolute Gasteiger partial charge is 0.312 e. The van der Waals surface area contributed by atoms with Gasteiger partial charge >= 0.3 is 5.97 Å². The number of hydrogen-bond acceptors (Lipinski definition) is 9. The first-order chi connectivity index (χ1) is 18.9. The molecule has 3 aromatic carbocycles. The lowest BCUT2D eigenvalue weighted by atomic mass is 9.85. The molecule has 6 rings (SSSR count). The lowest BCUT2D eigenvalue weighted by Gasteiger charge is -2.25. The van der Waals surface area contributed by atoms with Gasteiger partial charge in [-0.25, -0.2) is 0 Å². The quantitative estimate of drug-likeness (QED) is 0.230. The number of carbonyl (C=O) groups excluding carboxylic acids is 1. The molecule has 0 N–H and O–H groups in total. The zero-order valence-electron chi connectivity index (χ0n) is 21.2. The monoisotopic (exact) mass is 526 g/mol. The lowest BCUT2D eigenvalue weighted by molar-refractivity contribution is -0.135. The van der Waals surface area contributed by atoms with Crippen LogP contribution in [0.5, 0.6) is 23.0 Å². The molecule has 0 bridgehead atoms. The zero-order chi connectivity index (χ0) is 27.3. The molecule has 0 fully saturated rings. The van der Waals surface area contributed by atoms with Crippen molar-refractivity contribution in [2.24, 2.45) is 0 Å². The Morgan fingerprint density at radius 3 is 2.26 bits per heavy atom. The van der Waals surface area contributed by atoms with Crippen molar-refractivity contribution < 1.29 is 32.6 Å². The van der Waals surface area contributed by atoms with Gasteiger partial charge in [-0.1, -0.05) is 12.1 Å². The van der Waals surface area contributed by atoms with E-state index in [1.165, 1.54) is 32.8 Å².